The largest absolute Gasteiger partial charge is 0.330 e. The van der Waals surface area contributed by atoms with Crippen LogP contribution in [0.2, 0.25) is 0 Å². The fraction of sp³-hybridized carbons (Fsp3) is 0.400. The lowest BCUT2D eigenvalue weighted by atomic mass is 10.2. The molecule has 1 aromatic heterocycles. The van der Waals surface area contributed by atoms with Crippen LogP contribution >= 0.6 is 0 Å². The van der Waals surface area contributed by atoms with Gasteiger partial charge in [-0.2, -0.15) is 5.10 Å². The van der Waals surface area contributed by atoms with Crippen molar-refractivity contribution in [1.82, 2.24) is 15.1 Å². The zero-order valence-electron chi connectivity index (χ0n) is 11.7. The number of hydrogen-bond acceptors (Lipinski definition) is 3. The molecule has 2 aromatic rings. The van der Waals surface area contributed by atoms with Gasteiger partial charge in [0, 0.05) is 17.8 Å². The molecule has 0 radical (unpaired) electrons. The van der Waals surface area contributed by atoms with Crippen LogP contribution in [0.15, 0.2) is 30.3 Å². The molecule has 4 nitrogen and oxygen atoms in total. The van der Waals surface area contributed by atoms with E-state index in [0.717, 1.165) is 37.4 Å². The summed E-state index contributed by atoms with van der Waals surface area (Å²) in [6, 6.07) is 10.2. The van der Waals surface area contributed by atoms with Crippen LogP contribution in [0.4, 0.5) is 0 Å². The van der Waals surface area contributed by atoms with Crippen molar-refractivity contribution < 1.29 is 0 Å². The highest BCUT2D eigenvalue weighted by atomic mass is 15.3. The zero-order valence-corrected chi connectivity index (χ0v) is 11.7. The molecule has 1 aromatic carbocycles. The third kappa shape index (κ3) is 3.22. The average Bonchev–Trinajstić information content (AvgIpc) is 2.72. The predicted octanol–water partition coefficient (Wildman–Crippen LogP) is 1.93. The summed E-state index contributed by atoms with van der Waals surface area (Å²) < 4.78 is 2.01. The Hall–Kier alpha value is -1.65. The molecule has 0 unspecified atom stereocenters. The van der Waals surface area contributed by atoms with Gasteiger partial charge in [-0.15, -0.1) is 0 Å². The number of nitrogens with two attached hydrogens (primary N) is 1. The number of aryl methyl sites for hydroxylation is 1. The lowest BCUT2D eigenvalue weighted by Crippen LogP contribution is -2.18. The number of nitrogens with zero attached hydrogens (tertiary/aromatic N) is 2. The number of aromatic nitrogens is 2. The van der Waals surface area contributed by atoms with E-state index in [2.05, 4.69) is 36.4 Å². The van der Waals surface area contributed by atoms with Crippen LogP contribution in [0.5, 0.6) is 0 Å². The number of benzene rings is 1. The first kappa shape index (κ1) is 13.8. The summed E-state index contributed by atoms with van der Waals surface area (Å²) in [6.07, 6.45) is 1.00. The third-order valence-corrected chi connectivity index (χ3v) is 3.30. The third-order valence-electron chi connectivity index (χ3n) is 3.30. The van der Waals surface area contributed by atoms with E-state index < -0.39 is 0 Å². The van der Waals surface area contributed by atoms with E-state index in [1.165, 1.54) is 11.3 Å². The smallest absolute Gasteiger partial charge is 0.0648 e. The van der Waals surface area contributed by atoms with Crippen molar-refractivity contribution in [2.24, 2.45) is 5.73 Å². The van der Waals surface area contributed by atoms with Gasteiger partial charge in [0.25, 0.3) is 0 Å². The standard InChI is InChI=1S/C15H22N4/c1-12-15(11-17-10-6-9-16)13(2)19(18-12)14-7-4-3-5-8-14/h3-5,7-8,17H,6,9-11,16H2,1-2H3. The molecule has 19 heavy (non-hydrogen) atoms. The topological polar surface area (TPSA) is 55.9 Å². The average molecular weight is 258 g/mol. The number of nitrogens with one attached hydrogen (secondary N) is 1. The Morgan fingerprint density at radius 3 is 2.63 bits per heavy atom. The highest BCUT2D eigenvalue weighted by molar-refractivity contribution is 5.36. The SMILES string of the molecule is Cc1nn(-c2ccccc2)c(C)c1CNCCCN. The first-order valence-electron chi connectivity index (χ1n) is 6.75. The van der Waals surface area contributed by atoms with Crippen LogP contribution in [0.1, 0.15) is 23.4 Å². The molecule has 2 rings (SSSR count). The lowest BCUT2D eigenvalue weighted by Gasteiger charge is -2.06. The summed E-state index contributed by atoms with van der Waals surface area (Å²) in [5, 5.41) is 8.05. The van der Waals surface area contributed by atoms with Crippen molar-refractivity contribution in [3.05, 3.63) is 47.3 Å². The summed E-state index contributed by atoms with van der Waals surface area (Å²) in [5.74, 6) is 0. The fourth-order valence-corrected chi connectivity index (χ4v) is 2.19. The van der Waals surface area contributed by atoms with Gasteiger partial charge in [0.05, 0.1) is 11.4 Å². The maximum atomic E-state index is 5.49. The lowest BCUT2D eigenvalue weighted by molar-refractivity contribution is 0.651. The highest BCUT2D eigenvalue weighted by Gasteiger charge is 2.11. The van der Waals surface area contributed by atoms with E-state index >= 15 is 0 Å². The summed E-state index contributed by atoms with van der Waals surface area (Å²) in [7, 11) is 0. The Kier molecular flexibility index (Phi) is 4.71. The molecular weight excluding hydrogens is 236 g/mol. The number of para-hydroxylation sites is 1. The second-order valence-corrected chi connectivity index (χ2v) is 4.72. The minimum absolute atomic E-state index is 0.730. The molecule has 0 bridgehead atoms. The summed E-state index contributed by atoms with van der Waals surface area (Å²) in [4.78, 5) is 0. The Balaban J connectivity index is 2.16. The quantitative estimate of drug-likeness (QED) is 0.778. The van der Waals surface area contributed by atoms with Gasteiger partial charge < -0.3 is 11.1 Å². The van der Waals surface area contributed by atoms with Gasteiger partial charge in [0.15, 0.2) is 0 Å². The van der Waals surface area contributed by atoms with Crippen LogP contribution in [0.25, 0.3) is 5.69 Å². The van der Waals surface area contributed by atoms with Crippen LogP contribution in [0.3, 0.4) is 0 Å². The van der Waals surface area contributed by atoms with E-state index in [-0.39, 0.29) is 0 Å². The zero-order chi connectivity index (χ0) is 13.7. The van der Waals surface area contributed by atoms with Crippen LogP contribution < -0.4 is 11.1 Å². The minimum Gasteiger partial charge on any atom is -0.330 e. The van der Waals surface area contributed by atoms with Crippen molar-refractivity contribution in [3.8, 4) is 5.69 Å². The van der Waals surface area contributed by atoms with Crippen molar-refractivity contribution in [3.63, 3.8) is 0 Å². The Labute approximate surface area is 114 Å². The van der Waals surface area contributed by atoms with Crippen molar-refractivity contribution >= 4 is 0 Å². The molecule has 4 heteroatoms. The Morgan fingerprint density at radius 2 is 1.95 bits per heavy atom. The summed E-state index contributed by atoms with van der Waals surface area (Å²) >= 11 is 0. The maximum absolute atomic E-state index is 5.49. The minimum atomic E-state index is 0.730. The van der Waals surface area contributed by atoms with Gasteiger partial charge >= 0.3 is 0 Å². The Bertz CT molecular complexity index is 516. The normalized spacial score (nSPS) is 10.9. The Morgan fingerprint density at radius 1 is 1.21 bits per heavy atom. The first-order valence-corrected chi connectivity index (χ1v) is 6.75. The molecule has 0 spiro atoms. The van der Waals surface area contributed by atoms with Gasteiger partial charge in [-0.25, -0.2) is 4.68 Å². The van der Waals surface area contributed by atoms with Crippen molar-refractivity contribution in [2.75, 3.05) is 13.1 Å². The number of hydrogen-bond donors (Lipinski definition) is 2. The predicted molar refractivity (Wildman–Crippen MR) is 78.4 cm³/mol. The van der Waals surface area contributed by atoms with Gasteiger partial charge in [-0.1, -0.05) is 18.2 Å². The van der Waals surface area contributed by atoms with Gasteiger partial charge in [-0.05, 0) is 45.5 Å². The molecule has 1 heterocycles. The molecule has 0 aliphatic carbocycles. The van der Waals surface area contributed by atoms with Crippen LogP contribution in [-0.4, -0.2) is 22.9 Å². The molecule has 0 aliphatic heterocycles. The summed E-state index contributed by atoms with van der Waals surface area (Å²) in [6.45, 7) is 6.71. The van der Waals surface area contributed by atoms with Gasteiger partial charge in [-0.3, -0.25) is 0 Å². The van der Waals surface area contributed by atoms with E-state index in [0.29, 0.717) is 0 Å². The molecular formula is C15H22N4. The summed E-state index contributed by atoms with van der Waals surface area (Å²) in [5.41, 5.74) is 10.2. The maximum Gasteiger partial charge on any atom is 0.0648 e. The fourth-order valence-electron chi connectivity index (χ4n) is 2.19. The van der Waals surface area contributed by atoms with E-state index in [9.17, 15) is 0 Å². The second kappa shape index (κ2) is 6.50. The van der Waals surface area contributed by atoms with Crippen LogP contribution in [0, 0.1) is 13.8 Å². The molecule has 0 atom stereocenters. The van der Waals surface area contributed by atoms with Gasteiger partial charge in [0.2, 0.25) is 0 Å². The molecule has 0 aliphatic rings. The number of rotatable bonds is 6. The van der Waals surface area contributed by atoms with Crippen molar-refractivity contribution in [2.45, 2.75) is 26.8 Å². The molecule has 102 valence electrons. The van der Waals surface area contributed by atoms with Crippen LogP contribution in [-0.2, 0) is 6.54 Å². The van der Waals surface area contributed by atoms with E-state index in [4.69, 9.17) is 5.73 Å². The van der Waals surface area contributed by atoms with Gasteiger partial charge in [0.1, 0.15) is 0 Å². The van der Waals surface area contributed by atoms with E-state index in [1.807, 2.05) is 22.9 Å². The van der Waals surface area contributed by atoms with Crippen molar-refractivity contribution in [1.29, 1.82) is 0 Å². The second-order valence-electron chi connectivity index (χ2n) is 4.72. The monoisotopic (exact) mass is 258 g/mol. The molecule has 0 amide bonds. The molecule has 0 saturated carbocycles. The first-order chi connectivity index (χ1) is 9.24. The molecule has 3 N–H and O–H groups in total. The highest BCUT2D eigenvalue weighted by Crippen LogP contribution is 2.17. The molecule has 0 fully saturated rings. The molecule has 0 saturated heterocycles. The van der Waals surface area contributed by atoms with E-state index in [1.54, 1.807) is 0 Å².